The summed E-state index contributed by atoms with van der Waals surface area (Å²) in [7, 11) is 0. The van der Waals surface area contributed by atoms with Crippen molar-refractivity contribution >= 4 is 28.4 Å². The van der Waals surface area contributed by atoms with Crippen molar-refractivity contribution in [2.24, 2.45) is 5.41 Å². The van der Waals surface area contributed by atoms with Gasteiger partial charge in [0, 0.05) is 15.8 Å². The molecule has 0 unspecified atom stereocenters. The maximum Gasteiger partial charge on any atom is 0.225 e. The molecule has 4 aromatic rings. The van der Waals surface area contributed by atoms with Gasteiger partial charge in [-0.3, -0.25) is 4.79 Å². The number of benzene rings is 3. The molecule has 1 heterocycles. The van der Waals surface area contributed by atoms with Crippen LogP contribution in [0.5, 0.6) is 5.75 Å². The van der Waals surface area contributed by atoms with Gasteiger partial charge in [0.25, 0.3) is 0 Å². The van der Waals surface area contributed by atoms with Gasteiger partial charge in [-0.1, -0.05) is 44.5 Å². The summed E-state index contributed by atoms with van der Waals surface area (Å²) in [5.74, 6) is 0.273. The molecule has 176 valence electrons. The van der Waals surface area contributed by atoms with Gasteiger partial charge in [-0.2, -0.15) is 5.10 Å². The first-order chi connectivity index (χ1) is 16.1. The number of halogens is 2. The number of hydrogen-bond acceptors (Lipinski definition) is 3. The van der Waals surface area contributed by atoms with Gasteiger partial charge in [0.2, 0.25) is 5.91 Å². The maximum atomic E-state index is 13.3. The molecule has 4 rings (SSSR count). The lowest BCUT2D eigenvalue weighted by molar-refractivity contribution is -0.129. The quantitative estimate of drug-likeness (QED) is 0.344. The summed E-state index contributed by atoms with van der Waals surface area (Å²) in [5.41, 5.74) is 1.96. The third-order valence-electron chi connectivity index (χ3n) is 5.55. The van der Waals surface area contributed by atoms with Crippen molar-refractivity contribution in [1.82, 2.24) is 15.1 Å². The fourth-order valence-electron chi connectivity index (χ4n) is 3.66. The predicted octanol–water partition coefficient (Wildman–Crippen LogP) is 6.49. The van der Waals surface area contributed by atoms with E-state index < -0.39 is 11.5 Å². The highest BCUT2D eigenvalue weighted by Crippen LogP contribution is 2.30. The van der Waals surface area contributed by atoms with Gasteiger partial charge in [-0.15, -0.1) is 0 Å². The first-order valence-electron chi connectivity index (χ1n) is 11.1. The Hall–Kier alpha value is -3.38. The minimum Gasteiger partial charge on any atom is -0.484 e. The lowest BCUT2D eigenvalue weighted by Crippen LogP contribution is -2.44. The molecule has 7 heteroatoms. The Morgan fingerprint density at radius 3 is 2.50 bits per heavy atom. The van der Waals surface area contributed by atoms with E-state index in [-0.39, 0.29) is 17.8 Å². The van der Waals surface area contributed by atoms with E-state index in [1.807, 2.05) is 64.1 Å². The average Bonchev–Trinajstić information content (AvgIpc) is 3.20. The monoisotopic (exact) mass is 479 g/mol. The van der Waals surface area contributed by atoms with Crippen molar-refractivity contribution in [3.05, 3.63) is 89.3 Å². The average molecular weight is 480 g/mol. The summed E-state index contributed by atoms with van der Waals surface area (Å²) in [6.45, 7) is 7.53. The van der Waals surface area contributed by atoms with Crippen LogP contribution in [0.3, 0.4) is 0 Å². The van der Waals surface area contributed by atoms with E-state index >= 15 is 0 Å². The Labute approximate surface area is 203 Å². The summed E-state index contributed by atoms with van der Waals surface area (Å²) in [4.78, 5) is 12.6. The zero-order valence-corrected chi connectivity index (χ0v) is 20.3. The normalized spacial score (nSPS) is 13.5. The van der Waals surface area contributed by atoms with Crippen LogP contribution in [0.2, 0.25) is 5.02 Å². The zero-order valence-electron chi connectivity index (χ0n) is 19.5. The maximum absolute atomic E-state index is 13.3. The summed E-state index contributed by atoms with van der Waals surface area (Å²) in [5, 5.41) is 8.99. The number of amides is 1. The molecule has 0 aliphatic rings. The minimum atomic E-state index is -0.527. The molecule has 0 spiro atoms. The van der Waals surface area contributed by atoms with Crippen LogP contribution < -0.4 is 10.1 Å². The van der Waals surface area contributed by atoms with Crippen LogP contribution in [0.25, 0.3) is 16.6 Å². The highest BCUT2D eigenvalue weighted by atomic mass is 35.5. The number of carbonyl (C=O) groups excluding carboxylic acids is 1. The van der Waals surface area contributed by atoms with E-state index in [9.17, 15) is 9.18 Å². The van der Waals surface area contributed by atoms with Crippen molar-refractivity contribution in [1.29, 1.82) is 0 Å². The summed E-state index contributed by atoms with van der Waals surface area (Å²) in [6.07, 6.45) is 1.28. The number of carbonyl (C=O) groups is 1. The lowest BCUT2D eigenvalue weighted by Gasteiger charge is -2.29. The van der Waals surface area contributed by atoms with Gasteiger partial charge >= 0.3 is 0 Å². The minimum absolute atomic E-state index is 0.0633. The van der Waals surface area contributed by atoms with E-state index in [0.29, 0.717) is 10.8 Å². The van der Waals surface area contributed by atoms with Crippen LogP contribution in [0.1, 0.15) is 39.4 Å². The molecule has 0 saturated heterocycles. The summed E-state index contributed by atoms with van der Waals surface area (Å²) >= 11 is 6.25. The highest BCUT2D eigenvalue weighted by molar-refractivity contribution is 6.30. The topological polar surface area (TPSA) is 56.1 Å². The number of nitrogens with zero attached hydrogens (tertiary/aromatic N) is 2. The molecule has 0 aliphatic carbocycles. The van der Waals surface area contributed by atoms with Gasteiger partial charge in [0.05, 0.1) is 23.4 Å². The van der Waals surface area contributed by atoms with Crippen molar-refractivity contribution in [2.75, 3.05) is 0 Å². The summed E-state index contributed by atoms with van der Waals surface area (Å²) < 4.78 is 21.5. The van der Waals surface area contributed by atoms with Gasteiger partial charge in [0.15, 0.2) is 0 Å². The van der Waals surface area contributed by atoms with Gasteiger partial charge < -0.3 is 10.1 Å². The molecule has 5 nitrogen and oxygen atoms in total. The molecule has 34 heavy (non-hydrogen) atoms. The largest absolute Gasteiger partial charge is 0.484 e. The first kappa shape index (κ1) is 23.8. The second-order valence-corrected chi connectivity index (χ2v) is 9.80. The zero-order chi connectivity index (χ0) is 24.5. The smallest absolute Gasteiger partial charge is 0.225 e. The van der Waals surface area contributed by atoms with E-state index in [1.165, 1.54) is 12.1 Å². The van der Waals surface area contributed by atoms with Gasteiger partial charge in [0.1, 0.15) is 17.7 Å². The Balaban J connectivity index is 1.64. The number of nitrogens with one attached hydrogen (secondary N) is 1. The van der Waals surface area contributed by atoms with E-state index in [0.717, 1.165) is 22.2 Å². The Bertz CT molecular complexity index is 1310. The molecule has 0 aliphatic heterocycles. The molecule has 0 radical (unpaired) electrons. The fourth-order valence-corrected chi connectivity index (χ4v) is 3.86. The van der Waals surface area contributed by atoms with Gasteiger partial charge in [-0.25, -0.2) is 9.07 Å². The number of ether oxygens (including phenoxy) is 1. The van der Waals surface area contributed by atoms with Crippen LogP contribution in [0.4, 0.5) is 4.39 Å². The van der Waals surface area contributed by atoms with Crippen LogP contribution in [0.15, 0.2) is 72.9 Å². The van der Waals surface area contributed by atoms with Crippen LogP contribution in [-0.4, -0.2) is 21.7 Å². The van der Waals surface area contributed by atoms with E-state index in [1.54, 1.807) is 29.1 Å². The number of rotatable bonds is 6. The Kier molecular flexibility index (Phi) is 6.62. The highest BCUT2D eigenvalue weighted by Gasteiger charge is 2.28. The second-order valence-electron chi connectivity index (χ2n) is 9.36. The molecule has 3 aromatic carbocycles. The number of aromatic nitrogens is 2. The number of hydrogen-bond donors (Lipinski definition) is 1. The fraction of sp³-hybridized carbons (Fsp3) is 0.259. The van der Waals surface area contributed by atoms with Crippen LogP contribution in [0, 0.1) is 11.2 Å². The van der Waals surface area contributed by atoms with Crippen molar-refractivity contribution in [2.45, 2.75) is 39.8 Å². The van der Waals surface area contributed by atoms with Crippen molar-refractivity contribution < 1.29 is 13.9 Å². The number of fused-ring (bicyclic) bond motifs is 1. The van der Waals surface area contributed by atoms with Crippen LogP contribution in [-0.2, 0) is 4.79 Å². The van der Waals surface area contributed by atoms with E-state index in [4.69, 9.17) is 16.3 Å². The third kappa shape index (κ3) is 5.23. The lowest BCUT2D eigenvalue weighted by atomic mass is 9.94. The Morgan fingerprint density at radius 2 is 1.82 bits per heavy atom. The molecule has 0 fully saturated rings. The van der Waals surface area contributed by atoms with Gasteiger partial charge in [-0.05, 0) is 67.1 Å². The first-order valence-corrected chi connectivity index (χ1v) is 11.5. The Morgan fingerprint density at radius 1 is 1.09 bits per heavy atom. The predicted molar refractivity (Wildman–Crippen MR) is 133 cm³/mol. The molecule has 1 N–H and O–H groups in total. The molecule has 0 saturated carbocycles. The van der Waals surface area contributed by atoms with Crippen molar-refractivity contribution in [3.8, 4) is 11.4 Å². The summed E-state index contributed by atoms with van der Waals surface area (Å²) in [6, 6.07) is 19.0. The SMILES string of the molecule is C[C@H](NC(=O)C(C)(C)C)[C@H](Oc1ccc2c(cnn2-c2ccc(F)cc2)c1)c1cccc(Cl)c1. The van der Waals surface area contributed by atoms with Crippen LogP contribution >= 0.6 is 11.6 Å². The molecule has 0 bridgehead atoms. The second kappa shape index (κ2) is 9.47. The van der Waals surface area contributed by atoms with Crippen molar-refractivity contribution in [3.63, 3.8) is 0 Å². The molecule has 2 atom stereocenters. The molecule has 1 aromatic heterocycles. The molecular formula is C27H27ClFN3O2. The standard InChI is InChI=1S/C27H27ClFN3O2/c1-17(31-26(33)27(2,3)4)25(18-6-5-7-20(28)14-18)34-23-12-13-24-19(15-23)16-30-32(24)22-10-8-21(29)9-11-22/h5-17,25H,1-4H3,(H,31,33)/t17-,25-/m0/s1. The third-order valence-corrected chi connectivity index (χ3v) is 5.78. The molecule has 1 amide bonds. The molecular weight excluding hydrogens is 453 g/mol. The van der Waals surface area contributed by atoms with E-state index in [2.05, 4.69) is 10.4 Å².